The van der Waals surface area contributed by atoms with Crippen LogP contribution < -0.4 is 0 Å². The second-order valence-corrected chi connectivity index (χ2v) is 6.67. The van der Waals surface area contributed by atoms with Gasteiger partial charge >= 0.3 is 0 Å². The van der Waals surface area contributed by atoms with E-state index >= 15 is 0 Å². The summed E-state index contributed by atoms with van der Waals surface area (Å²) in [4.78, 5) is 15.6. The molecule has 0 unspecified atom stereocenters. The predicted octanol–water partition coefficient (Wildman–Crippen LogP) is 2.61. The molecule has 4 aromatic rings. The van der Waals surface area contributed by atoms with Gasteiger partial charge in [0.2, 0.25) is 0 Å². The van der Waals surface area contributed by atoms with Crippen LogP contribution >= 0.6 is 0 Å². The van der Waals surface area contributed by atoms with Crippen molar-refractivity contribution in [1.29, 1.82) is 0 Å². The van der Waals surface area contributed by atoms with Gasteiger partial charge in [-0.3, -0.25) is 14.9 Å². The maximum atomic E-state index is 4.46. The molecular formula is C21H22N8. The van der Waals surface area contributed by atoms with E-state index in [9.17, 15) is 0 Å². The highest BCUT2D eigenvalue weighted by molar-refractivity contribution is 5.27. The second kappa shape index (κ2) is 9.11. The highest BCUT2D eigenvalue weighted by Crippen LogP contribution is 2.13. The van der Waals surface area contributed by atoms with Crippen LogP contribution in [0, 0.1) is 0 Å². The Labute approximate surface area is 169 Å². The minimum Gasteiger partial charge on any atom is -0.284 e. The van der Waals surface area contributed by atoms with E-state index in [0.717, 1.165) is 29.5 Å². The fourth-order valence-corrected chi connectivity index (χ4v) is 3.09. The van der Waals surface area contributed by atoms with Gasteiger partial charge in [-0.15, -0.1) is 5.10 Å². The number of hydrogen-bond acceptors (Lipinski definition) is 7. The van der Waals surface area contributed by atoms with Crippen molar-refractivity contribution >= 4 is 0 Å². The van der Waals surface area contributed by atoms with Gasteiger partial charge < -0.3 is 0 Å². The van der Waals surface area contributed by atoms with Gasteiger partial charge in [0, 0.05) is 31.7 Å². The molecule has 146 valence electrons. The van der Waals surface area contributed by atoms with Gasteiger partial charge in [-0.2, -0.15) is 4.68 Å². The van der Waals surface area contributed by atoms with Gasteiger partial charge in [0.25, 0.3) is 0 Å². The first kappa shape index (κ1) is 18.8. The van der Waals surface area contributed by atoms with Gasteiger partial charge in [-0.05, 0) is 58.8 Å². The average molecular weight is 386 g/mol. The molecule has 0 radical (unpaired) electrons. The highest BCUT2D eigenvalue weighted by atomic mass is 15.6. The SMILES string of the molecule is CCc1ccnc(-n2nnnc2CN(Cc2ccccn2)Cc2ccccn2)c1. The molecule has 0 amide bonds. The topological polar surface area (TPSA) is 85.5 Å². The van der Waals surface area contributed by atoms with E-state index < -0.39 is 0 Å². The molecule has 4 aromatic heterocycles. The first-order valence-corrected chi connectivity index (χ1v) is 9.56. The lowest BCUT2D eigenvalue weighted by atomic mass is 10.2. The van der Waals surface area contributed by atoms with Crippen LogP contribution in [0.15, 0.2) is 67.1 Å². The number of rotatable bonds is 8. The molecule has 4 rings (SSSR count). The van der Waals surface area contributed by atoms with Gasteiger partial charge in [0.1, 0.15) is 0 Å². The molecule has 0 atom stereocenters. The Morgan fingerprint density at radius 2 is 1.55 bits per heavy atom. The summed E-state index contributed by atoms with van der Waals surface area (Å²) in [5.41, 5.74) is 3.15. The van der Waals surface area contributed by atoms with E-state index in [-0.39, 0.29) is 0 Å². The van der Waals surface area contributed by atoms with Gasteiger partial charge in [-0.25, -0.2) is 4.98 Å². The molecule has 0 fully saturated rings. The lowest BCUT2D eigenvalue weighted by Crippen LogP contribution is -2.25. The normalized spacial score (nSPS) is 11.1. The maximum Gasteiger partial charge on any atom is 0.172 e. The van der Waals surface area contributed by atoms with Crippen LogP contribution in [0.4, 0.5) is 0 Å². The highest BCUT2D eigenvalue weighted by Gasteiger charge is 2.16. The molecule has 0 spiro atoms. The molecule has 0 aliphatic rings. The maximum absolute atomic E-state index is 4.46. The van der Waals surface area contributed by atoms with Crippen molar-refractivity contribution in [2.45, 2.75) is 33.0 Å². The first-order valence-electron chi connectivity index (χ1n) is 9.56. The molecular weight excluding hydrogens is 364 g/mol. The van der Waals surface area contributed by atoms with Crippen molar-refractivity contribution in [2.24, 2.45) is 0 Å². The summed E-state index contributed by atoms with van der Waals surface area (Å²) in [7, 11) is 0. The fraction of sp³-hybridized carbons (Fsp3) is 0.238. The van der Waals surface area contributed by atoms with Crippen molar-refractivity contribution in [3.63, 3.8) is 0 Å². The zero-order chi connectivity index (χ0) is 19.9. The Morgan fingerprint density at radius 3 is 2.17 bits per heavy atom. The lowest BCUT2D eigenvalue weighted by molar-refractivity contribution is 0.233. The van der Waals surface area contributed by atoms with Gasteiger partial charge in [0.05, 0.1) is 17.9 Å². The third-order valence-electron chi connectivity index (χ3n) is 4.56. The van der Waals surface area contributed by atoms with Crippen molar-refractivity contribution in [2.75, 3.05) is 0 Å². The lowest BCUT2D eigenvalue weighted by Gasteiger charge is -2.21. The van der Waals surface area contributed by atoms with Crippen LogP contribution in [0.2, 0.25) is 0 Å². The third kappa shape index (κ3) is 4.85. The summed E-state index contributed by atoms with van der Waals surface area (Å²) in [5, 5.41) is 12.3. The standard InChI is InChI=1S/C21H22N8/c1-2-17-9-12-24-20(13-17)29-21(25-26-27-29)16-28(14-18-7-3-5-10-22-18)15-19-8-4-6-11-23-19/h3-13H,2,14-16H2,1H3. The summed E-state index contributed by atoms with van der Waals surface area (Å²) >= 11 is 0. The van der Waals surface area contributed by atoms with Crippen LogP contribution in [0.3, 0.4) is 0 Å². The van der Waals surface area contributed by atoms with Crippen LogP contribution in [0.1, 0.15) is 29.7 Å². The zero-order valence-electron chi connectivity index (χ0n) is 16.3. The molecule has 0 saturated heterocycles. The van der Waals surface area contributed by atoms with E-state index in [0.29, 0.717) is 19.6 Å². The second-order valence-electron chi connectivity index (χ2n) is 6.67. The van der Waals surface area contributed by atoms with Crippen molar-refractivity contribution in [1.82, 2.24) is 40.1 Å². The molecule has 8 heteroatoms. The Balaban J connectivity index is 1.60. The van der Waals surface area contributed by atoms with E-state index in [1.165, 1.54) is 5.56 Å². The molecule has 0 aromatic carbocycles. The zero-order valence-corrected chi connectivity index (χ0v) is 16.3. The van der Waals surface area contributed by atoms with Gasteiger partial charge in [-0.1, -0.05) is 19.1 Å². The number of tetrazole rings is 1. The van der Waals surface area contributed by atoms with Crippen LogP contribution in [0.5, 0.6) is 0 Å². The minimum atomic E-state index is 0.540. The molecule has 4 heterocycles. The Morgan fingerprint density at radius 1 is 0.828 bits per heavy atom. The summed E-state index contributed by atoms with van der Waals surface area (Å²) in [5.74, 6) is 1.44. The molecule has 0 bridgehead atoms. The number of aryl methyl sites for hydroxylation is 1. The summed E-state index contributed by atoms with van der Waals surface area (Å²) < 4.78 is 1.70. The quantitative estimate of drug-likeness (QED) is 0.460. The number of nitrogens with zero attached hydrogens (tertiary/aromatic N) is 8. The van der Waals surface area contributed by atoms with E-state index in [1.54, 1.807) is 23.3 Å². The Kier molecular flexibility index (Phi) is 5.92. The van der Waals surface area contributed by atoms with E-state index in [4.69, 9.17) is 0 Å². The van der Waals surface area contributed by atoms with Crippen LogP contribution in [-0.4, -0.2) is 40.1 Å². The number of hydrogen-bond donors (Lipinski definition) is 0. The molecule has 0 aliphatic heterocycles. The first-order chi connectivity index (χ1) is 14.3. The Hall–Kier alpha value is -3.52. The third-order valence-corrected chi connectivity index (χ3v) is 4.56. The van der Waals surface area contributed by atoms with E-state index in [2.05, 4.69) is 42.3 Å². The minimum absolute atomic E-state index is 0.540. The summed E-state index contributed by atoms with van der Waals surface area (Å²) in [6.07, 6.45) is 6.33. The smallest absolute Gasteiger partial charge is 0.172 e. The number of aromatic nitrogens is 7. The molecule has 0 N–H and O–H groups in total. The molecule has 8 nitrogen and oxygen atoms in total. The monoisotopic (exact) mass is 386 g/mol. The van der Waals surface area contributed by atoms with Crippen molar-refractivity contribution < 1.29 is 0 Å². The van der Waals surface area contributed by atoms with Gasteiger partial charge in [0.15, 0.2) is 11.6 Å². The van der Waals surface area contributed by atoms with E-state index in [1.807, 2.05) is 48.5 Å². The molecule has 0 saturated carbocycles. The van der Waals surface area contributed by atoms with Crippen LogP contribution in [0.25, 0.3) is 5.82 Å². The Bertz CT molecular complexity index is 991. The van der Waals surface area contributed by atoms with Crippen molar-refractivity contribution in [3.8, 4) is 5.82 Å². The van der Waals surface area contributed by atoms with Crippen molar-refractivity contribution in [3.05, 3.63) is 89.9 Å². The average Bonchev–Trinajstić information content (AvgIpc) is 3.23. The molecule has 29 heavy (non-hydrogen) atoms. The largest absolute Gasteiger partial charge is 0.284 e. The summed E-state index contributed by atoms with van der Waals surface area (Å²) in [6.45, 7) is 3.97. The van der Waals surface area contributed by atoms with Crippen LogP contribution in [-0.2, 0) is 26.1 Å². The summed E-state index contributed by atoms with van der Waals surface area (Å²) in [6, 6.07) is 15.9. The number of pyridine rings is 3. The fourth-order valence-electron chi connectivity index (χ4n) is 3.09. The molecule has 0 aliphatic carbocycles. The predicted molar refractivity (Wildman–Crippen MR) is 108 cm³/mol.